The quantitative estimate of drug-likeness (QED) is 0.297. The van der Waals surface area contributed by atoms with E-state index >= 15 is 0 Å². The highest BCUT2D eigenvalue weighted by Crippen LogP contribution is 2.54. The number of rotatable bonds is 7. The highest BCUT2D eigenvalue weighted by molar-refractivity contribution is 9.10. The molecule has 2 aliphatic carbocycles. The van der Waals surface area contributed by atoms with Gasteiger partial charge in [0.2, 0.25) is 0 Å². The zero-order valence-electron chi connectivity index (χ0n) is 24.2. The summed E-state index contributed by atoms with van der Waals surface area (Å²) in [7, 11) is 1.69. The number of carbonyl (C=O) groups is 2. The van der Waals surface area contributed by atoms with Crippen LogP contribution < -0.4 is 4.74 Å². The number of Topliss-reactive ketones (excluding diaryl/α,β-unsaturated/α-hetero) is 2. The number of methoxy groups -OCH3 is 1. The minimum atomic E-state index is -0.411. The van der Waals surface area contributed by atoms with Crippen LogP contribution in [0.25, 0.3) is 0 Å². The molecule has 0 bridgehead atoms. The van der Waals surface area contributed by atoms with Gasteiger partial charge in [-0.25, -0.2) is 0 Å². The Morgan fingerprint density at radius 1 is 0.878 bits per heavy atom. The van der Waals surface area contributed by atoms with Crippen molar-refractivity contribution in [2.75, 3.05) is 20.3 Å². The van der Waals surface area contributed by atoms with Gasteiger partial charge in [-0.1, -0.05) is 63.0 Å². The lowest BCUT2D eigenvalue weighted by Crippen LogP contribution is -2.45. The average Bonchev–Trinajstić information content (AvgIpc) is 2.87. The molecule has 1 aliphatic heterocycles. The molecular formula is C33H36BrCl2NO4. The highest BCUT2D eigenvalue weighted by Gasteiger charge is 2.48. The van der Waals surface area contributed by atoms with E-state index < -0.39 is 5.92 Å². The van der Waals surface area contributed by atoms with Crippen molar-refractivity contribution in [2.24, 2.45) is 10.8 Å². The number of allylic oxidation sites excluding steroid dienone is 4. The molecule has 0 atom stereocenters. The molecule has 0 saturated carbocycles. The smallest absolute Gasteiger partial charge is 0.162 e. The molecule has 2 aromatic carbocycles. The van der Waals surface area contributed by atoms with Gasteiger partial charge in [-0.2, -0.15) is 0 Å². The number of halogens is 3. The van der Waals surface area contributed by atoms with Crippen LogP contribution >= 0.6 is 39.1 Å². The van der Waals surface area contributed by atoms with Crippen molar-refractivity contribution in [3.63, 3.8) is 0 Å². The number of nitrogens with zero attached hydrogens (tertiary/aromatic N) is 1. The van der Waals surface area contributed by atoms with Gasteiger partial charge in [0.25, 0.3) is 0 Å². The lowest BCUT2D eigenvalue weighted by Gasteiger charge is -2.49. The summed E-state index contributed by atoms with van der Waals surface area (Å²) in [4.78, 5) is 30.1. The summed E-state index contributed by atoms with van der Waals surface area (Å²) in [5.74, 6) is 0.479. The van der Waals surface area contributed by atoms with Crippen molar-refractivity contribution in [2.45, 2.75) is 65.9 Å². The lowest BCUT2D eigenvalue weighted by atomic mass is 9.63. The number of hydrogen-bond donors (Lipinski definition) is 0. The molecule has 5 rings (SSSR count). The predicted molar refractivity (Wildman–Crippen MR) is 166 cm³/mol. The van der Waals surface area contributed by atoms with Crippen molar-refractivity contribution in [1.82, 2.24) is 4.90 Å². The van der Waals surface area contributed by atoms with Gasteiger partial charge in [0.1, 0.15) is 12.4 Å². The fraction of sp³-hybridized carbons (Fsp3) is 0.455. The molecule has 1 heterocycles. The van der Waals surface area contributed by atoms with Gasteiger partial charge in [-0.15, -0.1) is 0 Å². The first-order valence-electron chi connectivity index (χ1n) is 14.0. The van der Waals surface area contributed by atoms with Gasteiger partial charge in [-0.05, 0) is 75.0 Å². The molecular weight excluding hydrogens is 625 g/mol. The molecule has 8 heteroatoms. The Kier molecular flexibility index (Phi) is 8.52. The van der Waals surface area contributed by atoms with Gasteiger partial charge < -0.3 is 14.4 Å². The van der Waals surface area contributed by atoms with E-state index in [9.17, 15) is 9.59 Å². The number of ether oxygens (including phenoxy) is 2. The number of carbonyl (C=O) groups excluding carboxylic acids is 2. The maximum absolute atomic E-state index is 13.9. The largest absolute Gasteiger partial charge is 0.488 e. The molecule has 0 aromatic heterocycles. The number of ketones is 2. The third kappa shape index (κ3) is 6.17. The van der Waals surface area contributed by atoms with Crippen molar-refractivity contribution < 1.29 is 19.1 Å². The Hall–Kier alpha value is -2.12. The molecule has 0 N–H and O–H groups in total. The van der Waals surface area contributed by atoms with Crippen LogP contribution in [0.2, 0.25) is 10.0 Å². The zero-order chi connectivity index (χ0) is 29.7. The predicted octanol–water partition coefficient (Wildman–Crippen LogP) is 8.67. The molecule has 0 fully saturated rings. The van der Waals surface area contributed by atoms with Crippen LogP contribution in [0.1, 0.15) is 70.4 Å². The monoisotopic (exact) mass is 659 g/mol. The molecule has 0 saturated heterocycles. The van der Waals surface area contributed by atoms with Crippen LogP contribution in [0, 0.1) is 10.8 Å². The fourth-order valence-electron chi connectivity index (χ4n) is 6.44. The molecule has 0 unspecified atom stereocenters. The second-order valence-electron chi connectivity index (χ2n) is 12.9. The first-order valence-corrected chi connectivity index (χ1v) is 15.5. The van der Waals surface area contributed by atoms with E-state index in [-0.39, 0.29) is 22.4 Å². The van der Waals surface area contributed by atoms with Gasteiger partial charge >= 0.3 is 0 Å². The third-order valence-electron chi connectivity index (χ3n) is 8.21. The second-order valence-corrected chi connectivity index (χ2v) is 14.6. The third-order valence-corrected chi connectivity index (χ3v) is 9.57. The Morgan fingerprint density at radius 2 is 1.49 bits per heavy atom. The maximum atomic E-state index is 13.9. The normalized spacial score (nSPS) is 20.3. The van der Waals surface area contributed by atoms with Gasteiger partial charge in [0, 0.05) is 55.0 Å². The fourth-order valence-corrected chi connectivity index (χ4v) is 7.27. The standard InChI is InChI=1S/C33H36BrCl2NO4/c1-32(2)14-24-30(26(38)16-32)29(31-25(37(24)10-11-40-5)15-33(3,4)17-27(31)39)20-7-9-28(21(34)13-20)41-18-19-6-8-22(35)23(36)12-19/h6-9,12-13,29H,10-11,14-18H2,1-5H3. The molecule has 218 valence electrons. The van der Waals surface area contributed by atoms with Crippen molar-refractivity contribution >= 4 is 50.7 Å². The number of hydrogen-bond acceptors (Lipinski definition) is 5. The molecule has 5 nitrogen and oxygen atoms in total. The molecule has 0 amide bonds. The van der Waals surface area contributed by atoms with E-state index in [1.54, 1.807) is 19.2 Å². The van der Waals surface area contributed by atoms with E-state index in [0.717, 1.165) is 51.0 Å². The first kappa shape index (κ1) is 30.3. The summed E-state index contributed by atoms with van der Waals surface area (Å²) in [6.07, 6.45) is 2.45. The topological polar surface area (TPSA) is 55.8 Å². The second kappa shape index (κ2) is 11.5. The van der Waals surface area contributed by atoms with Gasteiger partial charge in [0.15, 0.2) is 11.6 Å². The Labute approximate surface area is 261 Å². The van der Waals surface area contributed by atoms with E-state index in [1.807, 2.05) is 24.3 Å². The Bertz CT molecular complexity index is 1420. The van der Waals surface area contributed by atoms with Crippen LogP contribution in [-0.4, -0.2) is 36.7 Å². The summed E-state index contributed by atoms with van der Waals surface area (Å²) in [5, 5.41) is 0.977. The molecule has 0 radical (unpaired) electrons. The van der Waals surface area contributed by atoms with E-state index in [0.29, 0.717) is 48.4 Å². The van der Waals surface area contributed by atoms with Crippen molar-refractivity contribution in [3.05, 3.63) is 84.6 Å². The highest BCUT2D eigenvalue weighted by atomic mass is 79.9. The van der Waals surface area contributed by atoms with E-state index in [1.165, 1.54) is 0 Å². The minimum Gasteiger partial charge on any atom is -0.488 e. The van der Waals surface area contributed by atoms with Crippen LogP contribution in [0.3, 0.4) is 0 Å². The zero-order valence-corrected chi connectivity index (χ0v) is 27.3. The van der Waals surface area contributed by atoms with Crippen LogP contribution in [0.15, 0.2) is 63.4 Å². The Balaban J connectivity index is 1.58. The molecule has 41 heavy (non-hydrogen) atoms. The first-order chi connectivity index (χ1) is 19.3. The molecule has 3 aliphatic rings. The Morgan fingerprint density at radius 3 is 2.02 bits per heavy atom. The van der Waals surface area contributed by atoms with Crippen LogP contribution in [0.4, 0.5) is 0 Å². The maximum Gasteiger partial charge on any atom is 0.162 e. The van der Waals surface area contributed by atoms with Crippen LogP contribution in [0.5, 0.6) is 5.75 Å². The average molecular weight is 661 g/mol. The lowest BCUT2D eigenvalue weighted by molar-refractivity contribution is -0.119. The minimum absolute atomic E-state index is 0.115. The summed E-state index contributed by atoms with van der Waals surface area (Å²) in [5.41, 5.74) is 5.05. The van der Waals surface area contributed by atoms with Gasteiger partial charge in [-0.3, -0.25) is 9.59 Å². The van der Waals surface area contributed by atoms with Gasteiger partial charge in [0.05, 0.1) is 21.1 Å². The van der Waals surface area contributed by atoms with Crippen molar-refractivity contribution in [3.8, 4) is 5.75 Å². The summed E-state index contributed by atoms with van der Waals surface area (Å²) < 4.78 is 12.3. The summed E-state index contributed by atoms with van der Waals surface area (Å²) >= 11 is 15.9. The molecule has 0 spiro atoms. The SMILES string of the molecule is COCCN1C2=C(C(=O)CC(C)(C)C2)C(c2ccc(OCc3ccc(Cl)c(Cl)c3)c(Br)c2)C2=C1CC(C)(C)CC2=O. The van der Waals surface area contributed by atoms with Crippen molar-refractivity contribution in [1.29, 1.82) is 0 Å². The summed E-state index contributed by atoms with van der Waals surface area (Å²) in [6.45, 7) is 10.0. The number of benzene rings is 2. The molecule has 2 aromatic rings. The van der Waals surface area contributed by atoms with E-state index in [2.05, 4.69) is 48.5 Å². The van der Waals surface area contributed by atoms with Crippen LogP contribution in [-0.2, 0) is 20.9 Å². The van der Waals surface area contributed by atoms with E-state index in [4.69, 9.17) is 32.7 Å². The summed E-state index contributed by atoms with van der Waals surface area (Å²) in [6, 6.07) is 11.3.